The molecule has 1 aliphatic carbocycles. The van der Waals surface area contributed by atoms with Gasteiger partial charge in [-0.2, -0.15) is 0 Å². The Morgan fingerprint density at radius 2 is 2.38 bits per heavy atom. The van der Waals surface area contributed by atoms with E-state index in [2.05, 4.69) is 10.6 Å². The van der Waals surface area contributed by atoms with E-state index in [1.807, 2.05) is 6.92 Å². The van der Waals surface area contributed by atoms with Crippen molar-refractivity contribution in [3.05, 3.63) is 0 Å². The van der Waals surface area contributed by atoms with Crippen LogP contribution in [0.5, 0.6) is 0 Å². The van der Waals surface area contributed by atoms with Gasteiger partial charge in [0.1, 0.15) is 0 Å². The van der Waals surface area contributed by atoms with Crippen molar-refractivity contribution in [2.24, 2.45) is 5.41 Å². The zero-order valence-electron chi connectivity index (χ0n) is 9.84. The quantitative estimate of drug-likeness (QED) is 0.734. The lowest BCUT2D eigenvalue weighted by molar-refractivity contribution is -0.131. The second kappa shape index (κ2) is 4.44. The molecule has 2 atom stereocenters. The molecule has 0 bridgehead atoms. The van der Waals surface area contributed by atoms with Crippen molar-refractivity contribution in [2.75, 3.05) is 6.54 Å². The first-order chi connectivity index (χ1) is 7.66. The fourth-order valence-electron chi connectivity index (χ4n) is 2.97. The van der Waals surface area contributed by atoms with Crippen molar-refractivity contribution in [1.82, 2.24) is 10.6 Å². The number of rotatable bonds is 2. The van der Waals surface area contributed by atoms with E-state index in [0.717, 1.165) is 38.6 Å². The van der Waals surface area contributed by atoms with E-state index >= 15 is 0 Å². The minimum absolute atomic E-state index is 0.0976. The molecular formula is C12H20N2O2. The molecule has 1 aliphatic heterocycles. The molecule has 2 aliphatic rings. The molecule has 1 heterocycles. The zero-order chi connectivity index (χ0) is 11.6. The molecule has 90 valence electrons. The second-order valence-corrected chi connectivity index (χ2v) is 5.00. The molecular weight excluding hydrogens is 204 g/mol. The predicted molar refractivity (Wildman–Crippen MR) is 60.7 cm³/mol. The minimum Gasteiger partial charge on any atom is -0.356 e. The monoisotopic (exact) mass is 224 g/mol. The van der Waals surface area contributed by atoms with Gasteiger partial charge in [0.15, 0.2) is 0 Å². The van der Waals surface area contributed by atoms with Crippen molar-refractivity contribution in [3.63, 3.8) is 0 Å². The molecule has 4 nitrogen and oxygen atoms in total. The Morgan fingerprint density at radius 3 is 3.00 bits per heavy atom. The topological polar surface area (TPSA) is 58.2 Å². The molecule has 2 N–H and O–H groups in total. The third-order valence-corrected chi connectivity index (χ3v) is 3.90. The molecule has 0 aromatic rings. The van der Waals surface area contributed by atoms with E-state index in [-0.39, 0.29) is 23.3 Å². The fourth-order valence-corrected chi connectivity index (χ4v) is 2.97. The summed E-state index contributed by atoms with van der Waals surface area (Å²) in [6.07, 6.45) is 5.32. The van der Waals surface area contributed by atoms with Crippen LogP contribution in [0.15, 0.2) is 0 Å². The first kappa shape index (κ1) is 11.4. The Hall–Kier alpha value is -1.06. The summed E-state index contributed by atoms with van der Waals surface area (Å²) < 4.78 is 0. The van der Waals surface area contributed by atoms with Crippen molar-refractivity contribution in [2.45, 2.75) is 51.5 Å². The summed E-state index contributed by atoms with van der Waals surface area (Å²) in [7, 11) is 0. The van der Waals surface area contributed by atoms with Crippen LogP contribution in [0, 0.1) is 5.41 Å². The van der Waals surface area contributed by atoms with Crippen molar-refractivity contribution < 1.29 is 9.59 Å². The van der Waals surface area contributed by atoms with Gasteiger partial charge in [0.2, 0.25) is 11.8 Å². The Morgan fingerprint density at radius 1 is 1.56 bits per heavy atom. The number of hydrogen-bond donors (Lipinski definition) is 2. The van der Waals surface area contributed by atoms with Gasteiger partial charge in [0.25, 0.3) is 0 Å². The van der Waals surface area contributed by atoms with Gasteiger partial charge in [-0.05, 0) is 25.7 Å². The molecule has 0 aromatic carbocycles. The minimum atomic E-state index is -0.177. The first-order valence-electron chi connectivity index (χ1n) is 6.24. The van der Waals surface area contributed by atoms with E-state index < -0.39 is 0 Å². The van der Waals surface area contributed by atoms with Crippen molar-refractivity contribution in [1.29, 1.82) is 0 Å². The molecule has 2 rings (SSSR count). The summed E-state index contributed by atoms with van der Waals surface area (Å²) >= 11 is 0. The number of amides is 2. The predicted octanol–water partition coefficient (Wildman–Crippen LogP) is 0.961. The maximum atomic E-state index is 11.8. The van der Waals surface area contributed by atoms with Gasteiger partial charge >= 0.3 is 0 Å². The highest BCUT2D eigenvalue weighted by atomic mass is 16.2. The molecule has 0 aromatic heterocycles. The van der Waals surface area contributed by atoms with E-state index in [1.165, 1.54) is 0 Å². The highest BCUT2D eigenvalue weighted by molar-refractivity contribution is 5.85. The van der Waals surface area contributed by atoms with Crippen LogP contribution in [0.25, 0.3) is 0 Å². The lowest BCUT2D eigenvalue weighted by Crippen LogP contribution is -2.45. The van der Waals surface area contributed by atoms with Crippen LogP contribution in [0.1, 0.15) is 45.4 Å². The van der Waals surface area contributed by atoms with Gasteiger partial charge in [-0.1, -0.05) is 13.3 Å². The molecule has 2 fully saturated rings. The normalized spacial score (nSPS) is 33.8. The number of hydrogen-bond acceptors (Lipinski definition) is 2. The fraction of sp³-hybridized carbons (Fsp3) is 0.833. The maximum absolute atomic E-state index is 11.8. The van der Waals surface area contributed by atoms with Gasteiger partial charge in [-0.25, -0.2) is 0 Å². The van der Waals surface area contributed by atoms with Gasteiger partial charge in [-0.15, -0.1) is 0 Å². The Balaban J connectivity index is 1.98. The molecule has 0 radical (unpaired) electrons. The molecule has 2 amide bonds. The third-order valence-electron chi connectivity index (χ3n) is 3.90. The molecule has 1 spiro atoms. The first-order valence-corrected chi connectivity index (χ1v) is 6.24. The lowest BCUT2D eigenvalue weighted by atomic mass is 9.71. The largest absolute Gasteiger partial charge is 0.356 e. The van der Waals surface area contributed by atoms with Gasteiger partial charge < -0.3 is 10.6 Å². The van der Waals surface area contributed by atoms with E-state index in [9.17, 15) is 9.59 Å². The van der Waals surface area contributed by atoms with Crippen molar-refractivity contribution in [3.8, 4) is 0 Å². The summed E-state index contributed by atoms with van der Waals surface area (Å²) in [5.74, 6) is 0.295. The molecule has 1 saturated carbocycles. The van der Waals surface area contributed by atoms with E-state index in [0.29, 0.717) is 6.42 Å². The van der Waals surface area contributed by atoms with Crippen LogP contribution < -0.4 is 10.6 Å². The van der Waals surface area contributed by atoms with Crippen molar-refractivity contribution >= 4 is 11.8 Å². The van der Waals surface area contributed by atoms with Crippen LogP contribution in [-0.2, 0) is 9.59 Å². The summed E-state index contributed by atoms with van der Waals surface area (Å²) in [4.78, 5) is 23.2. The smallest absolute Gasteiger partial charge is 0.226 e. The number of carbonyl (C=O) groups excluding carboxylic acids is 2. The highest BCUT2D eigenvalue weighted by Gasteiger charge is 2.45. The average molecular weight is 224 g/mol. The zero-order valence-corrected chi connectivity index (χ0v) is 9.84. The maximum Gasteiger partial charge on any atom is 0.226 e. The summed E-state index contributed by atoms with van der Waals surface area (Å²) in [6, 6.07) is 0.199. The number of carbonyl (C=O) groups is 2. The van der Waals surface area contributed by atoms with Crippen LogP contribution in [-0.4, -0.2) is 24.4 Å². The molecule has 4 heteroatoms. The van der Waals surface area contributed by atoms with Gasteiger partial charge in [-0.3, -0.25) is 9.59 Å². The molecule has 1 saturated heterocycles. The standard InChI is InChI=1S/C12H20N2O2/c1-2-10(15)14-9-4-3-5-12(8-9)6-7-13-11(12)16/h9H,2-8H2,1H3,(H,13,16)(H,14,15). The second-order valence-electron chi connectivity index (χ2n) is 5.00. The Bertz CT molecular complexity index is 303. The average Bonchev–Trinajstić information content (AvgIpc) is 2.60. The lowest BCUT2D eigenvalue weighted by Gasteiger charge is -2.36. The van der Waals surface area contributed by atoms with E-state index in [1.54, 1.807) is 0 Å². The van der Waals surface area contributed by atoms with Crippen LogP contribution in [0.2, 0.25) is 0 Å². The Labute approximate surface area is 96.2 Å². The van der Waals surface area contributed by atoms with Crippen LogP contribution in [0.4, 0.5) is 0 Å². The van der Waals surface area contributed by atoms with Crippen LogP contribution in [0.3, 0.4) is 0 Å². The SMILES string of the molecule is CCC(=O)NC1CCCC2(CCNC2=O)C1. The Kier molecular flexibility index (Phi) is 3.17. The van der Waals surface area contributed by atoms with Crippen LogP contribution >= 0.6 is 0 Å². The summed E-state index contributed by atoms with van der Waals surface area (Å²) in [5.41, 5.74) is -0.177. The summed E-state index contributed by atoms with van der Waals surface area (Å²) in [5, 5.41) is 5.94. The number of nitrogens with one attached hydrogen (secondary N) is 2. The van der Waals surface area contributed by atoms with Gasteiger partial charge in [0.05, 0.1) is 5.41 Å². The summed E-state index contributed by atoms with van der Waals surface area (Å²) in [6.45, 7) is 2.66. The highest BCUT2D eigenvalue weighted by Crippen LogP contribution is 2.41. The molecule has 16 heavy (non-hydrogen) atoms. The van der Waals surface area contributed by atoms with E-state index in [4.69, 9.17) is 0 Å². The van der Waals surface area contributed by atoms with Gasteiger partial charge in [0, 0.05) is 19.0 Å². The third kappa shape index (κ3) is 2.06. The molecule has 2 unspecified atom stereocenters.